The number of hydrogen-bond donors (Lipinski definition) is 1. The van der Waals surface area contributed by atoms with E-state index in [1.807, 2.05) is 0 Å². The number of hydrogen-bond acceptors (Lipinski definition) is 2. The fraction of sp³-hybridized carbons (Fsp3) is 0.625. The smallest absolute Gasteiger partial charge is 0.0237 e. The molecule has 0 amide bonds. The molecule has 0 aliphatic carbocycles. The maximum Gasteiger partial charge on any atom is 0.0237 e. The molecular weight excluding hydrogens is 220 g/mol. The Morgan fingerprint density at radius 3 is 2.61 bits per heavy atom. The minimum absolute atomic E-state index is 0.672. The Bertz CT molecular complexity index is 412. The Morgan fingerprint density at radius 1 is 1.17 bits per heavy atom. The van der Waals surface area contributed by atoms with Crippen molar-refractivity contribution in [2.75, 3.05) is 20.1 Å². The Hall–Kier alpha value is -0.860. The number of nitrogens with one attached hydrogen (secondary N) is 1. The molecule has 1 aromatic rings. The molecule has 1 aliphatic rings. The zero-order valence-corrected chi connectivity index (χ0v) is 12.2. The van der Waals surface area contributed by atoms with Crippen LogP contribution in [0.2, 0.25) is 0 Å². The summed E-state index contributed by atoms with van der Waals surface area (Å²) in [6.07, 6.45) is 2.63. The third-order valence-electron chi connectivity index (χ3n) is 4.26. The summed E-state index contributed by atoms with van der Waals surface area (Å²) in [7, 11) is 2.08. The third-order valence-corrected chi connectivity index (χ3v) is 4.26. The predicted octanol–water partition coefficient (Wildman–Crippen LogP) is 2.80. The molecule has 1 aliphatic heterocycles. The summed E-state index contributed by atoms with van der Waals surface area (Å²) in [5, 5.41) is 3.41. The number of aryl methyl sites for hydroxylation is 3. The van der Waals surface area contributed by atoms with E-state index in [0.717, 1.165) is 6.54 Å². The third kappa shape index (κ3) is 3.12. The minimum Gasteiger partial charge on any atom is -0.316 e. The lowest BCUT2D eigenvalue weighted by molar-refractivity contribution is 0.187. The van der Waals surface area contributed by atoms with Gasteiger partial charge in [-0.2, -0.15) is 0 Å². The SMILES string of the molecule is CNC1CCCN(Cc2cc(C)c(C)cc2C)C1. The van der Waals surface area contributed by atoms with Gasteiger partial charge in [-0.05, 0) is 69.5 Å². The van der Waals surface area contributed by atoms with Crippen molar-refractivity contribution in [3.05, 3.63) is 34.4 Å². The van der Waals surface area contributed by atoms with Gasteiger partial charge in [0.25, 0.3) is 0 Å². The summed E-state index contributed by atoms with van der Waals surface area (Å²) in [6.45, 7) is 10.2. The lowest BCUT2D eigenvalue weighted by Gasteiger charge is -2.33. The topological polar surface area (TPSA) is 15.3 Å². The van der Waals surface area contributed by atoms with Crippen molar-refractivity contribution in [2.24, 2.45) is 0 Å². The molecule has 1 N–H and O–H groups in total. The lowest BCUT2D eigenvalue weighted by Crippen LogP contribution is -2.43. The van der Waals surface area contributed by atoms with Gasteiger partial charge in [-0.25, -0.2) is 0 Å². The van der Waals surface area contributed by atoms with Crippen LogP contribution in [0.1, 0.15) is 35.1 Å². The highest BCUT2D eigenvalue weighted by Crippen LogP contribution is 2.19. The Kier molecular flexibility index (Phi) is 4.41. The molecule has 100 valence electrons. The molecule has 0 aromatic heterocycles. The van der Waals surface area contributed by atoms with Gasteiger partial charge in [0.1, 0.15) is 0 Å². The molecule has 1 fully saturated rings. The zero-order chi connectivity index (χ0) is 13.1. The van der Waals surface area contributed by atoms with E-state index < -0.39 is 0 Å². The van der Waals surface area contributed by atoms with E-state index in [1.165, 1.54) is 48.2 Å². The highest BCUT2D eigenvalue weighted by Gasteiger charge is 2.18. The average Bonchev–Trinajstić information content (AvgIpc) is 2.36. The van der Waals surface area contributed by atoms with Crippen LogP contribution in [0.5, 0.6) is 0 Å². The monoisotopic (exact) mass is 246 g/mol. The quantitative estimate of drug-likeness (QED) is 0.882. The van der Waals surface area contributed by atoms with E-state index >= 15 is 0 Å². The molecule has 18 heavy (non-hydrogen) atoms. The Balaban J connectivity index is 2.07. The molecule has 0 spiro atoms. The zero-order valence-electron chi connectivity index (χ0n) is 12.2. The van der Waals surface area contributed by atoms with Gasteiger partial charge in [0, 0.05) is 19.1 Å². The summed E-state index contributed by atoms with van der Waals surface area (Å²) < 4.78 is 0. The van der Waals surface area contributed by atoms with Gasteiger partial charge in [-0.1, -0.05) is 12.1 Å². The summed E-state index contributed by atoms with van der Waals surface area (Å²) in [4.78, 5) is 2.59. The summed E-state index contributed by atoms with van der Waals surface area (Å²) in [5.41, 5.74) is 5.75. The van der Waals surface area contributed by atoms with Gasteiger partial charge in [-0.15, -0.1) is 0 Å². The van der Waals surface area contributed by atoms with Gasteiger partial charge in [0.2, 0.25) is 0 Å². The molecule has 2 heteroatoms. The van der Waals surface area contributed by atoms with Crippen molar-refractivity contribution in [3.63, 3.8) is 0 Å². The Labute approximate surface area is 111 Å². The molecule has 1 aromatic carbocycles. The van der Waals surface area contributed by atoms with E-state index in [0.29, 0.717) is 6.04 Å². The fourth-order valence-electron chi connectivity index (χ4n) is 2.87. The average molecular weight is 246 g/mol. The maximum absolute atomic E-state index is 3.41. The fourth-order valence-corrected chi connectivity index (χ4v) is 2.87. The predicted molar refractivity (Wildman–Crippen MR) is 78.0 cm³/mol. The second-order valence-corrected chi connectivity index (χ2v) is 5.73. The maximum atomic E-state index is 3.41. The van der Waals surface area contributed by atoms with Crippen LogP contribution in [0.4, 0.5) is 0 Å². The van der Waals surface area contributed by atoms with Crippen molar-refractivity contribution < 1.29 is 0 Å². The van der Waals surface area contributed by atoms with Gasteiger partial charge < -0.3 is 5.32 Å². The summed E-state index contributed by atoms with van der Waals surface area (Å²) in [6, 6.07) is 5.36. The number of likely N-dealkylation sites (tertiary alicyclic amines) is 1. The molecule has 1 heterocycles. The molecule has 0 bridgehead atoms. The molecule has 1 saturated heterocycles. The van der Waals surface area contributed by atoms with Crippen molar-refractivity contribution in [2.45, 2.75) is 46.2 Å². The first-order valence-electron chi connectivity index (χ1n) is 7.06. The highest BCUT2D eigenvalue weighted by atomic mass is 15.2. The standard InChI is InChI=1S/C16H26N2/c1-12-8-14(3)15(9-13(12)2)10-18-7-5-6-16(11-18)17-4/h8-9,16-17H,5-7,10-11H2,1-4H3. The number of nitrogens with zero attached hydrogens (tertiary/aromatic N) is 1. The molecule has 1 unspecified atom stereocenters. The van der Waals surface area contributed by atoms with Crippen LogP contribution in [0, 0.1) is 20.8 Å². The van der Waals surface area contributed by atoms with E-state index in [1.54, 1.807) is 0 Å². The first-order chi connectivity index (χ1) is 8.60. The van der Waals surface area contributed by atoms with Crippen LogP contribution in [0.15, 0.2) is 12.1 Å². The number of likely N-dealkylation sites (N-methyl/N-ethyl adjacent to an activating group) is 1. The van der Waals surface area contributed by atoms with E-state index in [2.05, 4.69) is 50.2 Å². The molecule has 2 nitrogen and oxygen atoms in total. The molecule has 1 atom stereocenters. The first kappa shape index (κ1) is 13.6. The van der Waals surface area contributed by atoms with E-state index in [4.69, 9.17) is 0 Å². The van der Waals surface area contributed by atoms with Gasteiger partial charge in [0.15, 0.2) is 0 Å². The first-order valence-corrected chi connectivity index (χ1v) is 7.06. The van der Waals surface area contributed by atoms with Crippen LogP contribution in [0.3, 0.4) is 0 Å². The van der Waals surface area contributed by atoms with Crippen LogP contribution in [-0.4, -0.2) is 31.1 Å². The van der Waals surface area contributed by atoms with Crippen molar-refractivity contribution >= 4 is 0 Å². The van der Waals surface area contributed by atoms with Crippen LogP contribution >= 0.6 is 0 Å². The normalized spacial score (nSPS) is 21.2. The van der Waals surface area contributed by atoms with E-state index in [-0.39, 0.29) is 0 Å². The largest absolute Gasteiger partial charge is 0.316 e. The molecular formula is C16H26N2. The van der Waals surface area contributed by atoms with Crippen molar-refractivity contribution in [1.82, 2.24) is 10.2 Å². The minimum atomic E-state index is 0.672. The second kappa shape index (κ2) is 5.85. The number of rotatable bonds is 3. The number of piperidine rings is 1. The van der Waals surface area contributed by atoms with Crippen LogP contribution in [-0.2, 0) is 6.54 Å². The highest BCUT2D eigenvalue weighted by molar-refractivity contribution is 5.36. The van der Waals surface area contributed by atoms with Gasteiger partial charge >= 0.3 is 0 Å². The van der Waals surface area contributed by atoms with Crippen LogP contribution in [0.25, 0.3) is 0 Å². The van der Waals surface area contributed by atoms with Gasteiger partial charge in [-0.3, -0.25) is 4.90 Å². The second-order valence-electron chi connectivity index (χ2n) is 5.73. The van der Waals surface area contributed by atoms with Crippen molar-refractivity contribution in [3.8, 4) is 0 Å². The summed E-state index contributed by atoms with van der Waals surface area (Å²) in [5.74, 6) is 0. The molecule has 2 rings (SSSR count). The lowest BCUT2D eigenvalue weighted by atomic mass is 9.99. The van der Waals surface area contributed by atoms with Crippen molar-refractivity contribution in [1.29, 1.82) is 0 Å². The molecule has 0 radical (unpaired) electrons. The van der Waals surface area contributed by atoms with Crippen LogP contribution < -0.4 is 5.32 Å². The summed E-state index contributed by atoms with van der Waals surface area (Å²) >= 11 is 0. The van der Waals surface area contributed by atoms with E-state index in [9.17, 15) is 0 Å². The Morgan fingerprint density at radius 2 is 1.89 bits per heavy atom. The molecule has 0 saturated carbocycles. The number of benzene rings is 1. The van der Waals surface area contributed by atoms with Gasteiger partial charge in [0.05, 0.1) is 0 Å².